The Bertz CT molecular complexity index is 726. The van der Waals surface area contributed by atoms with Crippen LogP contribution in [0, 0.1) is 0 Å². The van der Waals surface area contributed by atoms with Gasteiger partial charge >= 0.3 is 5.69 Å². The van der Waals surface area contributed by atoms with Crippen molar-refractivity contribution in [1.29, 1.82) is 0 Å². The van der Waals surface area contributed by atoms with E-state index >= 15 is 0 Å². The number of benzene rings is 1. The molecule has 1 aliphatic heterocycles. The third-order valence-electron chi connectivity index (χ3n) is 3.38. The Morgan fingerprint density at radius 2 is 2.32 bits per heavy atom. The maximum atomic E-state index is 12.0. The van der Waals surface area contributed by atoms with Crippen LogP contribution in [-0.2, 0) is 6.54 Å². The molecule has 2 heterocycles. The van der Waals surface area contributed by atoms with Crippen molar-refractivity contribution in [1.82, 2.24) is 9.55 Å². The molecule has 0 saturated carbocycles. The number of hydrogen-bond donors (Lipinski definition) is 1. The van der Waals surface area contributed by atoms with Gasteiger partial charge in [0.1, 0.15) is 5.82 Å². The summed E-state index contributed by atoms with van der Waals surface area (Å²) in [6.45, 7) is 4.67. The Hall–Kier alpha value is -1.07. The maximum absolute atomic E-state index is 12.0. The molecule has 3 rings (SSSR count). The fraction of sp³-hybridized carbons (Fsp3) is 0.385. The predicted octanol–water partition coefficient (Wildman–Crippen LogP) is 3.32. The zero-order chi connectivity index (χ0) is 13.7. The lowest BCUT2D eigenvalue weighted by Crippen LogP contribution is -2.22. The van der Waals surface area contributed by atoms with Gasteiger partial charge in [-0.05, 0) is 25.5 Å². The minimum Gasteiger partial charge on any atom is -0.367 e. The van der Waals surface area contributed by atoms with Gasteiger partial charge in [-0.3, -0.25) is 4.57 Å². The van der Waals surface area contributed by atoms with Crippen LogP contribution in [0.1, 0.15) is 24.2 Å². The molecule has 0 aliphatic carbocycles. The van der Waals surface area contributed by atoms with E-state index in [1.165, 1.54) is 0 Å². The first-order valence-corrected chi connectivity index (χ1v) is 7.42. The standard InChI is InChI=1S/C13H13BrClN3O/c1-6-5-18-12(16-6)9-4-3-8(7(2)14)10(15)11(9)17-13(18)19/h3-4,6-7,16H,5H2,1-2H3/t6-,7?/m1/s1. The molecule has 0 fully saturated rings. The van der Waals surface area contributed by atoms with Crippen molar-refractivity contribution >= 4 is 44.3 Å². The number of alkyl halides is 1. The summed E-state index contributed by atoms with van der Waals surface area (Å²) in [5.41, 5.74) is 1.26. The highest BCUT2D eigenvalue weighted by Gasteiger charge is 2.23. The van der Waals surface area contributed by atoms with E-state index in [4.69, 9.17) is 11.6 Å². The quantitative estimate of drug-likeness (QED) is 0.809. The van der Waals surface area contributed by atoms with Crippen molar-refractivity contribution in [2.24, 2.45) is 0 Å². The molecule has 0 bridgehead atoms. The molecule has 1 aromatic heterocycles. The molecule has 0 saturated heterocycles. The van der Waals surface area contributed by atoms with Crippen LogP contribution in [0.4, 0.5) is 5.82 Å². The zero-order valence-corrected chi connectivity index (χ0v) is 12.9. The van der Waals surface area contributed by atoms with Crippen molar-refractivity contribution in [3.8, 4) is 0 Å². The van der Waals surface area contributed by atoms with Crippen LogP contribution in [0.5, 0.6) is 0 Å². The smallest absolute Gasteiger partial charge is 0.349 e. The summed E-state index contributed by atoms with van der Waals surface area (Å²) in [5, 5.41) is 4.75. The molecule has 19 heavy (non-hydrogen) atoms. The van der Waals surface area contributed by atoms with Crippen LogP contribution in [-0.4, -0.2) is 15.6 Å². The molecule has 0 amide bonds. The summed E-state index contributed by atoms with van der Waals surface area (Å²) < 4.78 is 1.67. The molecule has 4 nitrogen and oxygen atoms in total. The molecule has 6 heteroatoms. The van der Waals surface area contributed by atoms with Crippen LogP contribution in [0.2, 0.25) is 5.02 Å². The van der Waals surface area contributed by atoms with Gasteiger partial charge in [0.15, 0.2) is 0 Å². The van der Waals surface area contributed by atoms with E-state index in [1.54, 1.807) is 4.57 Å². The highest BCUT2D eigenvalue weighted by atomic mass is 79.9. The normalized spacial score (nSPS) is 19.3. The first-order chi connectivity index (χ1) is 8.99. The lowest BCUT2D eigenvalue weighted by atomic mass is 10.1. The number of anilines is 1. The molecule has 1 N–H and O–H groups in total. The molecular weight excluding hydrogens is 330 g/mol. The Kier molecular flexibility index (Phi) is 3.06. The molecule has 1 aliphatic rings. The van der Waals surface area contributed by atoms with Crippen LogP contribution in [0.25, 0.3) is 10.9 Å². The molecule has 2 aromatic rings. The fourth-order valence-electron chi connectivity index (χ4n) is 2.46. The second kappa shape index (κ2) is 4.49. The van der Waals surface area contributed by atoms with Crippen molar-refractivity contribution in [2.45, 2.75) is 31.3 Å². The maximum Gasteiger partial charge on any atom is 0.349 e. The monoisotopic (exact) mass is 341 g/mol. The van der Waals surface area contributed by atoms with E-state index in [2.05, 4.69) is 26.2 Å². The third kappa shape index (κ3) is 1.96. The molecular formula is C13H13BrClN3O. The van der Waals surface area contributed by atoms with Gasteiger partial charge in [-0.25, -0.2) is 4.79 Å². The molecule has 1 unspecified atom stereocenters. The molecule has 0 spiro atoms. The van der Waals surface area contributed by atoms with E-state index in [-0.39, 0.29) is 16.6 Å². The first kappa shape index (κ1) is 12.9. The average molecular weight is 343 g/mol. The van der Waals surface area contributed by atoms with Crippen LogP contribution in [0.3, 0.4) is 0 Å². The van der Waals surface area contributed by atoms with Crippen molar-refractivity contribution in [3.63, 3.8) is 0 Å². The van der Waals surface area contributed by atoms with Gasteiger partial charge in [0.05, 0.1) is 10.5 Å². The van der Waals surface area contributed by atoms with E-state index in [0.717, 1.165) is 16.8 Å². The number of nitrogens with one attached hydrogen (secondary N) is 1. The number of halogens is 2. The Morgan fingerprint density at radius 3 is 3.00 bits per heavy atom. The SMILES string of the molecule is CC(Br)c1ccc2c3n(c(=O)nc2c1Cl)C[C@@H](C)N3. The van der Waals surface area contributed by atoms with Gasteiger partial charge in [0.2, 0.25) is 0 Å². The van der Waals surface area contributed by atoms with Crippen molar-refractivity contribution in [3.05, 3.63) is 33.2 Å². The lowest BCUT2D eigenvalue weighted by molar-refractivity contribution is 0.664. The summed E-state index contributed by atoms with van der Waals surface area (Å²) in [7, 11) is 0. The predicted molar refractivity (Wildman–Crippen MR) is 81.4 cm³/mol. The average Bonchev–Trinajstić information content (AvgIpc) is 2.73. The summed E-state index contributed by atoms with van der Waals surface area (Å²) in [6, 6.07) is 4.17. The molecule has 1 aromatic carbocycles. The van der Waals surface area contributed by atoms with Gasteiger partial charge in [0.25, 0.3) is 0 Å². The second-order valence-corrected chi connectivity index (χ2v) is 6.63. The van der Waals surface area contributed by atoms with Crippen LogP contribution < -0.4 is 11.0 Å². The number of fused-ring (bicyclic) bond motifs is 3. The number of rotatable bonds is 1. The van der Waals surface area contributed by atoms with Gasteiger partial charge in [-0.1, -0.05) is 33.6 Å². The minimum absolute atomic E-state index is 0.120. The number of hydrogen-bond acceptors (Lipinski definition) is 3. The topological polar surface area (TPSA) is 46.9 Å². The first-order valence-electron chi connectivity index (χ1n) is 6.12. The highest BCUT2D eigenvalue weighted by Crippen LogP contribution is 2.36. The fourth-order valence-corrected chi connectivity index (χ4v) is 3.35. The van der Waals surface area contributed by atoms with Gasteiger partial charge in [0, 0.05) is 22.8 Å². The summed E-state index contributed by atoms with van der Waals surface area (Å²) in [6.07, 6.45) is 0. The largest absolute Gasteiger partial charge is 0.367 e. The summed E-state index contributed by atoms with van der Waals surface area (Å²) >= 11 is 9.88. The Balaban J connectivity index is 2.37. The Morgan fingerprint density at radius 1 is 1.58 bits per heavy atom. The Labute approximate surface area is 123 Å². The molecule has 2 atom stereocenters. The van der Waals surface area contributed by atoms with E-state index in [1.807, 2.05) is 26.0 Å². The zero-order valence-electron chi connectivity index (χ0n) is 10.6. The van der Waals surface area contributed by atoms with Crippen molar-refractivity contribution < 1.29 is 0 Å². The van der Waals surface area contributed by atoms with E-state index in [0.29, 0.717) is 17.1 Å². The minimum atomic E-state index is -0.249. The third-order valence-corrected chi connectivity index (χ3v) is 4.27. The van der Waals surface area contributed by atoms with Gasteiger partial charge in [-0.15, -0.1) is 0 Å². The number of nitrogens with zero attached hydrogens (tertiary/aromatic N) is 2. The summed E-state index contributed by atoms with van der Waals surface area (Å²) in [4.78, 5) is 16.3. The lowest BCUT2D eigenvalue weighted by Gasteiger charge is -2.11. The second-order valence-electron chi connectivity index (χ2n) is 4.88. The molecule has 100 valence electrons. The van der Waals surface area contributed by atoms with Crippen LogP contribution >= 0.6 is 27.5 Å². The van der Waals surface area contributed by atoms with Gasteiger partial charge in [-0.2, -0.15) is 4.98 Å². The molecule has 0 radical (unpaired) electrons. The van der Waals surface area contributed by atoms with Gasteiger partial charge < -0.3 is 5.32 Å². The number of aromatic nitrogens is 2. The van der Waals surface area contributed by atoms with Crippen LogP contribution in [0.15, 0.2) is 16.9 Å². The van der Waals surface area contributed by atoms with E-state index in [9.17, 15) is 4.79 Å². The van der Waals surface area contributed by atoms with E-state index < -0.39 is 0 Å². The summed E-state index contributed by atoms with van der Waals surface area (Å²) in [5.74, 6) is 0.818. The highest BCUT2D eigenvalue weighted by molar-refractivity contribution is 9.09. The van der Waals surface area contributed by atoms with Crippen molar-refractivity contribution in [2.75, 3.05) is 5.32 Å².